The molecule has 1 aromatic rings. The van der Waals surface area contributed by atoms with Gasteiger partial charge in [-0.05, 0) is 36.8 Å². The van der Waals surface area contributed by atoms with E-state index < -0.39 is 5.97 Å². The largest absolute Gasteiger partial charge is 0.481 e. The molecule has 0 aliphatic carbocycles. The molecule has 0 unspecified atom stereocenters. The summed E-state index contributed by atoms with van der Waals surface area (Å²) < 4.78 is 0. The summed E-state index contributed by atoms with van der Waals surface area (Å²) in [5.74, 6) is 0.162. The predicted octanol–water partition coefficient (Wildman–Crippen LogP) is 3.38. The summed E-state index contributed by atoms with van der Waals surface area (Å²) in [6.07, 6.45) is 2.93. The number of nitrogens with one attached hydrogen (secondary N) is 1. The van der Waals surface area contributed by atoms with Crippen molar-refractivity contribution in [1.82, 2.24) is 0 Å². The first-order valence-corrected chi connectivity index (χ1v) is 7.29. The molecule has 0 bridgehead atoms. The number of anilines is 1. The molecule has 0 atom stereocenters. The smallest absolute Gasteiger partial charge is 0.303 e. The second-order valence-corrected chi connectivity index (χ2v) is 5.43. The number of hydrogen-bond donors (Lipinski definition) is 2. The van der Waals surface area contributed by atoms with Gasteiger partial charge in [-0.25, -0.2) is 0 Å². The second-order valence-electron chi connectivity index (χ2n) is 4.26. The van der Waals surface area contributed by atoms with E-state index in [2.05, 4.69) is 5.32 Å². The van der Waals surface area contributed by atoms with Crippen LogP contribution in [-0.4, -0.2) is 22.7 Å². The summed E-state index contributed by atoms with van der Waals surface area (Å²) in [6.45, 7) is 1.49. The van der Waals surface area contributed by atoms with Crippen LogP contribution in [0.25, 0.3) is 0 Å². The Morgan fingerprint density at radius 1 is 1.26 bits per heavy atom. The van der Waals surface area contributed by atoms with Crippen LogP contribution in [0.15, 0.2) is 29.2 Å². The predicted molar refractivity (Wildman–Crippen MR) is 77.6 cm³/mol. The second kappa shape index (κ2) is 8.58. The highest BCUT2D eigenvalue weighted by molar-refractivity contribution is 7.99. The number of carbonyl (C=O) groups is 2. The number of carboxylic acid groups (broad SMARTS) is 1. The van der Waals surface area contributed by atoms with Crippen LogP contribution in [0.3, 0.4) is 0 Å². The van der Waals surface area contributed by atoms with Crippen molar-refractivity contribution in [2.45, 2.75) is 37.5 Å². The summed E-state index contributed by atoms with van der Waals surface area (Å²) in [5, 5.41) is 11.3. The van der Waals surface area contributed by atoms with Crippen LogP contribution in [0.2, 0.25) is 0 Å². The van der Waals surface area contributed by atoms with Crippen LogP contribution < -0.4 is 5.32 Å². The summed E-state index contributed by atoms with van der Waals surface area (Å²) >= 11 is 1.72. The van der Waals surface area contributed by atoms with Gasteiger partial charge in [-0.15, -0.1) is 11.8 Å². The normalized spacial score (nSPS) is 10.2. The first kappa shape index (κ1) is 15.6. The number of carboxylic acids is 1. The Labute approximate surface area is 117 Å². The molecule has 0 saturated heterocycles. The summed E-state index contributed by atoms with van der Waals surface area (Å²) in [5.41, 5.74) is 0.809. The number of unbranched alkanes of at least 4 members (excludes halogenated alkanes) is 2. The van der Waals surface area contributed by atoms with E-state index in [9.17, 15) is 9.59 Å². The van der Waals surface area contributed by atoms with E-state index in [1.807, 2.05) is 24.3 Å². The van der Waals surface area contributed by atoms with E-state index in [1.54, 1.807) is 11.8 Å². The first-order chi connectivity index (χ1) is 9.08. The molecule has 0 heterocycles. The van der Waals surface area contributed by atoms with Crippen LogP contribution in [0.1, 0.15) is 32.6 Å². The van der Waals surface area contributed by atoms with Gasteiger partial charge in [0.2, 0.25) is 5.91 Å². The van der Waals surface area contributed by atoms with Crippen LogP contribution in [0.5, 0.6) is 0 Å². The lowest BCUT2D eigenvalue weighted by molar-refractivity contribution is -0.137. The molecule has 0 radical (unpaired) electrons. The van der Waals surface area contributed by atoms with Crippen LogP contribution in [-0.2, 0) is 9.59 Å². The third-order valence-corrected chi connectivity index (χ3v) is 3.54. The maximum absolute atomic E-state index is 10.9. The number of thioether (sulfide) groups is 1. The third kappa shape index (κ3) is 7.51. The zero-order valence-corrected chi connectivity index (χ0v) is 11.8. The van der Waals surface area contributed by atoms with Gasteiger partial charge in [0, 0.05) is 23.9 Å². The molecule has 5 heteroatoms. The Kier molecular flexibility index (Phi) is 7.03. The van der Waals surface area contributed by atoms with Gasteiger partial charge >= 0.3 is 5.97 Å². The molecule has 1 aromatic carbocycles. The maximum Gasteiger partial charge on any atom is 0.303 e. The Morgan fingerprint density at radius 2 is 2.05 bits per heavy atom. The van der Waals surface area contributed by atoms with Crippen LogP contribution in [0.4, 0.5) is 5.69 Å². The molecule has 2 N–H and O–H groups in total. The zero-order chi connectivity index (χ0) is 14.1. The first-order valence-electron chi connectivity index (χ1n) is 6.30. The highest BCUT2D eigenvalue weighted by Gasteiger charge is 2.00. The fourth-order valence-corrected chi connectivity index (χ4v) is 2.58. The molecular formula is C14H19NO3S. The molecular weight excluding hydrogens is 262 g/mol. The van der Waals surface area contributed by atoms with Crippen molar-refractivity contribution in [2.24, 2.45) is 0 Å². The SMILES string of the molecule is CC(=O)Nc1cccc(SCCCCCC(=O)O)c1. The van der Waals surface area contributed by atoms with Crippen molar-refractivity contribution >= 4 is 29.3 Å². The number of carbonyl (C=O) groups excluding carboxylic acids is 1. The summed E-state index contributed by atoms with van der Waals surface area (Å²) in [6, 6.07) is 7.73. The number of rotatable bonds is 8. The van der Waals surface area contributed by atoms with E-state index in [4.69, 9.17) is 5.11 Å². The quantitative estimate of drug-likeness (QED) is 0.566. The van der Waals surface area contributed by atoms with Gasteiger partial charge in [0.15, 0.2) is 0 Å². The molecule has 0 spiro atoms. The lowest BCUT2D eigenvalue weighted by Crippen LogP contribution is -2.05. The molecule has 0 fully saturated rings. The molecule has 1 rings (SSSR count). The van der Waals surface area contributed by atoms with E-state index in [0.29, 0.717) is 0 Å². The van der Waals surface area contributed by atoms with E-state index in [0.717, 1.165) is 35.6 Å². The van der Waals surface area contributed by atoms with Crippen molar-refractivity contribution in [3.05, 3.63) is 24.3 Å². The Hall–Kier alpha value is -1.49. The van der Waals surface area contributed by atoms with E-state index in [1.165, 1.54) is 6.92 Å². The van der Waals surface area contributed by atoms with Crippen molar-refractivity contribution in [3.8, 4) is 0 Å². The van der Waals surface area contributed by atoms with Crippen molar-refractivity contribution in [1.29, 1.82) is 0 Å². The average Bonchev–Trinajstić information content (AvgIpc) is 2.33. The standard InChI is InChI=1S/C14H19NO3S/c1-11(16)15-12-6-5-7-13(10-12)19-9-4-2-3-8-14(17)18/h5-7,10H,2-4,8-9H2,1H3,(H,15,16)(H,17,18). The molecule has 0 saturated carbocycles. The highest BCUT2D eigenvalue weighted by atomic mass is 32.2. The lowest BCUT2D eigenvalue weighted by Gasteiger charge is -2.05. The fourth-order valence-electron chi connectivity index (χ4n) is 1.61. The van der Waals surface area contributed by atoms with Gasteiger partial charge in [0.05, 0.1) is 0 Å². The van der Waals surface area contributed by atoms with Crippen molar-refractivity contribution < 1.29 is 14.7 Å². The van der Waals surface area contributed by atoms with Gasteiger partial charge in [-0.2, -0.15) is 0 Å². The van der Waals surface area contributed by atoms with Gasteiger partial charge in [0.1, 0.15) is 0 Å². The molecule has 104 valence electrons. The highest BCUT2D eigenvalue weighted by Crippen LogP contribution is 2.23. The van der Waals surface area contributed by atoms with Crippen LogP contribution in [0, 0.1) is 0 Å². The Balaban J connectivity index is 2.25. The van der Waals surface area contributed by atoms with E-state index >= 15 is 0 Å². The third-order valence-electron chi connectivity index (χ3n) is 2.46. The lowest BCUT2D eigenvalue weighted by atomic mass is 10.2. The number of hydrogen-bond acceptors (Lipinski definition) is 3. The maximum atomic E-state index is 10.9. The van der Waals surface area contributed by atoms with Crippen LogP contribution >= 0.6 is 11.8 Å². The molecule has 0 aromatic heterocycles. The topological polar surface area (TPSA) is 66.4 Å². The summed E-state index contributed by atoms with van der Waals surface area (Å²) in [4.78, 5) is 22.4. The van der Waals surface area contributed by atoms with Gasteiger partial charge < -0.3 is 10.4 Å². The average molecular weight is 281 g/mol. The van der Waals surface area contributed by atoms with Gasteiger partial charge in [-0.3, -0.25) is 9.59 Å². The van der Waals surface area contributed by atoms with Gasteiger partial charge in [0.25, 0.3) is 0 Å². The number of aliphatic carboxylic acids is 1. The fraction of sp³-hybridized carbons (Fsp3) is 0.429. The monoisotopic (exact) mass is 281 g/mol. The Bertz CT molecular complexity index is 434. The molecule has 4 nitrogen and oxygen atoms in total. The van der Waals surface area contributed by atoms with Crippen molar-refractivity contribution in [3.63, 3.8) is 0 Å². The molecule has 0 aliphatic heterocycles. The minimum absolute atomic E-state index is 0.0733. The number of benzene rings is 1. The number of amides is 1. The Morgan fingerprint density at radius 3 is 2.74 bits per heavy atom. The molecule has 1 amide bonds. The zero-order valence-electron chi connectivity index (χ0n) is 11.0. The minimum Gasteiger partial charge on any atom is -0.481 e. The summed E-state index contributed by atoms with van der Waals surface area (Å²) in [7, 11) is 0. The minimum atomic E-state index is -0.726. The van der Waals surface area contributed by atoms with Gasteiger partial charge in [-0.1, -0.05) is 12.5 Å². The van der Waals surface area contributed by atoms with Crippen molar-refractivity contribution in [2.75, 3.05) is 11.1 Å². The molecule has 0 aliphatic rings. The van der Waals surface area contributed by atoms with E-state index in [-0.39, 0.29) is 12.3 Å². The molecule has 19 heavy (non-hydrogen) atoms.